The van der Waals surface area contributed by atoms with Crippen LogP contribution >= 0.6 is 0 Å². The molecule has 0 N–H and O–H groups in total. The zero-order chi connectivity index (χ0) is 19.2. The zero-order valence-corrected chi connectivity index (χ0v) is 14.9. The highest BCUT2D eigenvalue weighted by molar-refractivity contribution is 5.91. The van der Waals surface area contributed by atoms with E-state index in [9.17, 15) is 19.3 Å². The Morgan fingerprint density at radius 3 is 2.48 bits per heavy atom. The van der Waals surface area contributed by atoms with Crippen molar-refractivity contribution >= 4 is 17.7 Å². The predicted octanol–water partition coefficient (Wildman–Crippen LogP) is 4.54. The number of nitrogens with zero attached hydrogens (tertiary/aromatic N) is 2. The van der Waals surface area contributed by atoms with Gasteiger partial charge in [0.05, 0.1) is 4.92 Å². The van der Waals surface area contributed by atoms with Gasteiger partial charge < -0.3 is 4.90 Å². The van der Waals surface area contributed by atoms with E-state index in [0.29, 0.717) is 13.1 Å². The summed E-state index contributed by atoms with van der Waals surface area (Å²) in [6.45, 7) is 1.30. The Morgan fingerprint density at radius 1 is 1.11 bits per heavy atom. The van der Waals surface area contributed by atoms with Gasteiger partial charge in [0.2, 0.25) is 5.91 Å². The van der Waals surface area contributed by atoms with Crippen molar-refractivity contribution < 1.29 is 14.1 Å². The fourth-order valence-corrected chi connectivity index (χ4v) is 3.33. The quantitative estimate of drug-likeness (QED) is 0.452. The van der Waals surface area contributed by atoms with Crippen molar-refractivity contribution in [2.75, 3.05) is 13.1 Å². The third kappa shape index (κ3) is 5.00. The minimum Gasteiger partial charge on any atom is -0.339 e. The van der Waals surface area contributed by atoms with Crippen molar-refractivity contribution in [1.29, 1.82) is 0 Å². The monoisotopic (exact) mass is 368 g/mol. The first-order valence-electron chi connectivity index (χ1n) is 9.00. The molecule has 1 aliphatic rings. The number of benzene rings is 2. The molecule has 2 aromatic rings. The number of nitro benzene ring substituents is 1. The third-order valence-electron chi connectivity index (χ3n) is 4.85. The van der Waals surface area contributed by atoms with E-state index in [4.69, 9.17) is 0 Å². The van der Waals surface area contributed by atoms with Crippen molar-refractivity contribution in [3.8, 4) is 0 Å². The summed E-state index contributed by atoms with van der Waals surface area (Å²) in [7, 11) is 0. The average molecular weight is 368 g/mol. The number of non-ortho nitro benzene ring substituents is 1. The first kappa shape index (κ1) is 18.8. The average Bonchev–Trinajstić information content (AvgIpc) is 2.93. The largest absolute Gasteiger partial charge is 0.339 e. The number of hydrogen-bond donors (Lipinski definition) is 0. The summed E-state index contributed by atoms with van der Waals surface area (Å²) in [4.78, 5) is 24.7. The van der Waals surface area contributed by atoms with Crippen LogP contribution in [0.3, 0.4) is 0 Å². The highest BCUT2D eigenvalue weighted by atomic mass is 19.1. The lowest BCUT2D eigenvalue weighted by molar-refractivity contribution is -0.384. The van der Waals surface area contributed by atoms with Gasteiger partial charge in [0.15, 0.2) is 0 Å². The second-order valence-electron chi connectivity index (χ2n) is 6.71. The van der Waals surface area contributed by atoms with Gasteiger partial charge in [-0.05, 0) is 54.3 Å². The molecule has 0 radical (unpaired) electrons. The van der Waals surface area contributed by atoms with Crippen molar-refractivity contribution in [3.05, 3.63) is 81.7 Å². The maximum Gasteiger partial charge on any atom is 0.269 e. The van der Waals surface area contributed by atoms with Crippen LogP contribution in [0.2, 0.25) is 0 Å². The van der Waals surface area contributed by atoms with E-state index in [1.807, 2.05) is 4.90 Å². The molecule has 0 aliphatic carbocycles. The Balaban J connectivity index is 1.67. The predicted molar refractivity (Wildman–Crippen MR) is 102 cm³/mol. The normalized spacial score (nSPS) is 17.7. The lowest BCUT2D eigenvalue weighted by Crippen LogP contribution is -2.32. The Bertz CT molecular complexity index is 832. The van der Waals surface area contributed by atoms with Crippen LogP contribution in [0.4, 0.5) is 10.1 Å². The van der Waals surface area contributed by atoms with E-state index in [-0.39, 0.29) is 23.3 Å². The van der Waals surface area contributed by atoms with E-state index < -0.39 is 4.92 Å². The van der Waals surface area contributed by atoms with Crippen LogP contribution in [0.25, 0.3) is 6.08 Å². The Labute approximate surface area is 157 Å². The summed E-state index contributed by atoms with van der Waals surface area (Å²) in [5, 5.41) is 10.7. The van der Waals surface area contributed by atoms with Gasteiger partial charge in [-0.2, -0.15) is 0 Å². The Morgan fingerprint density at radius 2 is 1.81 bits per heavy atom. The number of halogens is 1. The number of carbonyl (C=O) groups excluding carboxylic acids is 1. The molecule has 2 aromatic carbocycles. The molecule has 0 spiro atoms. The molecule has 1 heterocycles. The van der Waals surface area contributed by atoms with Crippen LogP contribution in [-0.2, 0) is 4.79 Å². The molecule has 1 amide bonds. The number of hydrogen-bond acceptors (Lipinski definition) is 3. The topological polar surface area (TPSA) is 63.4 Å². The highest BCUT2D eigenvalue weighted by Gasteiger charge is 2.22. The number of nitro groups is 1. The molecule has 0 saturated carbocycles. The summed E-state index contributed by atoms with van der Waals surface area (Å²) < 4.78 is 13.2. The number of likely N-dealkylation sites (tertiary alicyclic amines) is 1. The first-order valence-corrected chi connectivity index (χ1v) is 9.00. The molecule has 0 bridgehead atoms. The van der Waals surface area contributed by atoms with Crippen molar-refractivity contribution in [1.82, 2.24) is 4.90 Å². The SMILES string of the molecule is O=C(/C=C/c1ccc([N+](=O)[O-])cc1)N1CCCCC(c2ccc(F)cc2)C1. The number of amides is 1. The molecular formula is C21H21FN2O3. The molecule has 27 heavy (non-hydrogen) atoms. The molecule has 0 aromatic heterocycles. The van der Waals surface area contributed by atoms with Gasteiger partial charge in [0.25, 0.3) is 5.69 Å². The summed E-state index contributed by atoms with van der Waals surface area (Å²) >= 11 is 0. The third-order valence-corrected chi connectivity index (χ3v) is 4.85. The van der Waals surface area contributed by atoms with E-state index in [0.717, 1.165) is 30.4 Å². The fourth-order valence-electron chi connectivity index (χ4n) is 3.33. The minimum atomic E-state index is -0.453. The molecule has 1 saturated heterocycles. The van der Waals surface area contributed by atoms with Crippen molar-refractivity contribution in [3.63, 3.8) is 0 Å². The van der Waals surface area contributed by atoms with Crippen LogP contribution in [0.15, 0.2) is 54.6 Å². The molecule has 6 heteroatoms. The fraction of sp³-hybridized carbons (Fsp3) is 0.286. The molecule has 3 rings (SSSR count). The molecule has 140 valence electrons. The first-order chi connectivity index (χ1) is 13.0. The van der Waals surface area contributed by atoms with Gasteiger partial charge in [0, 0.05) is 37.2 Å². The molecular weight excluding hydrogens is 347 g/mol. The lowest BCUT2D eigenvalue weighted by atomic mass is 9.94. The van der Waals surface area contributed by atoms with Crippen LogP contribution in [0.5, 0.6) is 0 Å². The summed E-state index contributed by atoms with van der Waals surface area (Å²) in [6, 6.07) is 12.6. The Kier molecular flexibility index (Phi) is 5.96. The Hall–Kier alpha value is -3.02. The van der Waals surface area contributed by atoms with E-state index in [2.05, 4.69) is 0 Å². The molecule has 1 unspecified atom stereocenters. The highest BCUT2D eigenvalue weighted by Crippen LogP contribution is 2.27. The standard InChI is InChI=1S/C21H21FN2O3/c22-19-9-7-17(8-10-19)18-3-1-2-14-23(15-18)21(25)13-6-16-4-11-20(12-5-16)24(26)27/h4-13,18H,1-3,14-15H2/b13-6+. The van der Waals surface area contributed by atoms with Crippen molar-refractivity contribution in [2.45, 2.75) is 25.2 Å². The lowest BCUT2D eigenvalue weighted by Gasteiger charge is -2.23. The van der Waals surface area contributed by atoms with Crippen molar-refractivity contribution in [2.24, 2.45) is 0 Å². The molecule has 5 nitrogen and oxygen atoms in total. The van der Waals surface area contributed by atoms with E-state index in [1.165, 1.54) is 30.3 Å². The van der Waals surface area contributed by atoms with Gasteiger partial charge in [-0.3, -0.25) is 14.9 Å². The van der Waals surface area contributed by atoms with Gasteiger partial charge >= 0.3 is 0 Å². The zero-order valence-electron chi connectivity index (χ0n) is 14.9. The van der Waals surface area contributed by atoms with Crippen LogP contribution in [0, 0.1) is 15.9 Å². The molecule has 1 aliphatic heterocycles. The van der Waals surface area contributed by atoms with Gasteiger partial charge in [-0.25, -0.2) is 4.39 Å². The van der Waals surface area contributed by atoms with Gasteiger partial charge in [0.1, 0.15) is 5.82 Å². The molecule has 1 atom stereocenters. The van der Waals surface area contributed by atoms with Gasteiger partial charge in [-0.15, -0.1) is 0 Å². The second-order valence-corrected chi connectivity index (χ2v) is 6.71. The maximum atomic E-state index is 13.2. The summed E-state index contributed by atoms with van der Waals surface area (Å²) in [5.41, 5.74) is 1.81. The van der Waals surface area contributed by atoms with E-state index >= 15 is 0 Å². The minimum absolute atomic E-state index is 0.0214. The van der Waals surface area contributed by atoms with Crippen LogP contribution in [0.1, 0.15) is 36.3 Å². The second kappa shape index (κ2) is 8.58. The van der Waals surface area contributed by atoms with Gasteiger partial charge in [-0.1, -0.05) is 18.6 Å². The van der Waals surface area contributed by atoms with Crippen LogP contribution in [-0.4, -0.2) is 28.8 Å². The molecule has 1 fully saturated rings. The smallest absolute Gasteiger partial charge is 0.269 e. The van der Waals surface area contributed by atoms with E-state index in [1.54, 1.807) is 30.3 Å². The number of rotatable bonds is 4. The summed E-state index contributed by atoms with van der Waals surface area (Å²) in [5.74, 6) is -0.140. The maximum absolute atomic E-state index is 13.2. The summed E-state index contributed by atoms with van der Waals surface area (Å²) in [6.07, 6.45) is 6.12. The number of carbonyl (C=O) groups is 1. The van der Waals surface area contributed by atoms with Crippen LogP contribution < -0.4 is 0 Å².